The first-order valence-corrected chi connectivity index (χ1v) is 9.95. The highest BCUT2D eigenvalue weighted by Crippen LogP contribution is 2.26. The standard InChI is InChI=1S/C19H24N2O5S/c1-5-21(6-2)27(23,24)16-10-7-14(8-11-16)20-19(22)17-12-9-15(25-3)13-18(17)26-4/h7-13H,5-6H2,1-4H3,(H,20,22). The number of hydrogen-bond acceptors (Lipinski definition) is 5. The van der Waals surface area contributed by atoms with Crippen molar-refractivity contribution in [1.82, 2.24) is 4.31 Å². The summed E-state index contributed by atoms with van der Waals surface area (Å²) in [5.74, 6) is 0.593. The molecule has 1 N–H and O–H groups in total. The van der Waals surface area contributed by atoms with Crippen molar-refractivity contribution < 1.29 is 22.7 Å². The summed E-state index contributed by atoms with van der Waals surface area (Å²) in [5.41, 5.74) is 0.828. The Kier molecular flexibility index (Phi) is 6.81. The number of ether oxygens (including phenoxy) is 2. The predicted molar refractivity (Wildman–Crippen MR) is 104 cm³/mol. The van der Waals surface area contributed by atoms with Crippen LogP contribution in [-0.4, -0.2) is 45.9 Å². The van der Waals surface area contributed by atoms with Gasteiger partial charge in [0.25, 0.3) is 5.91 Å². The molecule has 0 unspecified atom stereocenters. The topological polar surface area (TPSA) is 84.9 Å². The van der Waals surface area contributed by atoms with Crippen molar-refractivity contribution in [2.24, 2.45) is 0 Å². The second-order valence-corrected chi connectivity index (χ2v) is 7.57. The summed E-state index contributed by atoms with van der Waals surface area (Å²) in [6.07, 6.45) is 0. The van der Waals surface area contributed by atoms with Gasteiger partial charge in [0.2, 0.25) is 10.0 Å². The van der Waals surface area contributed by atoms with Gasteiger partial charge in [-0.2, -0.15) is 4.31 Å². The van der Waals surface area contributed by atoms with Crippen LogP contribution in [0.3, 0.4) is 0 Å². The van der Waals surface area contributed by atoms with E-state index in [0.29, 0.717) is 35.8 Å². The van der Waals surface area contributed by atoms with Crippen molar-refractivity contribution >= 4 is 21.6 Å². The van der Waals surface area contributed by atoms with Gasteiger partial charge in [-0.3, -0.25) is 4.79 Å². The van der Waals surface area contributed by atoms with E-state index in [1.807, 2.05) is 0 Å². The number of sulfonamides is 1. The van der Waals surface area contributed by atoms with E-state index in [2.05, 4.69) is 5.32 Å². The molecule has 0 fully saturated rings. The first-order chi connectivity index (χ1) is 12.9. The second-order valence-electron chi connectivity index (χ2n) is 5.63. The maximum Gasteiger partial charge on any atom is 0.259 e. The Labute approximate surface area is 160 Å². The lowest BCUT2D eigenvalue weighted by Crippen LogP contribution is -2.30. The summed E-state index contributed by atoms with van der Waals surface area (Å²) >= 11 is 0. The van der Waals surface area contributed by atoms with Crippen LogP contribution in [0.1, 0.15) is 24.2 Å². The minimum Gasteiger partial charge on any atom is -0.497 e. The third-order valence-corrected chi connectivity index (χ3v) is 6.17. The van der Waals surface area contributed by atoms with E-state index >= 15 is 0 Å². The van der Waals surface area contributed by atoms with Crippen molar-refractivity contribution in [3.8, 4) is 11.5 Å². The van der Waals surface area contributed by atoms with E-state index < -0.39 is 10.0 Å². The average molecular weight is 392 g/mol. The molecule has 0 heterocycles. The molecular formula is C19H24N2O5S. The van der Waals surface area contributed by atoms with Gasteiger partial charge in [0.05, 0.1) is 24.7 Å². The second kappa shape index (κ2) is 8.88. The number of carbonyl (C=O) groups is 1. The van der Waals surface area contributed by atoms with Gasteiger partial charge in [0, 0.05) is 24.8 Å². The Morgan fingerprint density at radius 2 is 1.63 bits per heavy atom. The molecule has 2 rings (SSSR count). The Morgan fingerprint density at radius 3 is 2.15 bits per heavy atom. The van der Waals surface area contributed by atoms with Crippen LogP contribution < -0.4 is 14.8 Å². The van der Waals surface area contributed by atoms with Crippen molar-refractivity contribution in [2.45, 2.75) is 18.7 Å². The number of nitrogens with one attached hydrogen (secondary N) is 1. The third-order valence-electron chi connectivity index (χ3n) is 4.11. The number of nitrogens with zero attached hydrogens (tertiary/aromatic N) is 1. The fraction of sp³-hybridized carbons (Fsp3) is 0.316. The van der Waals surface area contributed by atoms with Gasteiger partial charge in [-0.15, -0.1) is 0 Å². The molecule has 146 valence electrons. The van der Waals surface area contributed by atoms with Crippen molar-refractivity contribution in [3.05, 3.63) is 48.0 Å². The van der Waals surface area contributed by atoms with Crippen LogP contribution in [0.4, 0.5) is 5.69 Å². The molecule has 0 radical (unpaired) electrons. The minimum atomic E-state index is -3.53. The Hall–Kier alpha value is -2.58. The molecule has 0 atom stereocenters. The molecule has 0 bridgehead atoms. The monoisotopic (exact) mass is 392 g/mol. The summed E-state index contributed by atoms with van der Waals surface area (Å²) in [6, 6.07) is 11.0. The molecule has 0 aromatic heterocycles. The fourth-order valence-corrected chi connectivity index (χ4v) is 4.07. The lowest BCUT2D eigenvalue weighted by molar-refractivity contribution is 0.102. The third kappa shape index (κ3) is 4.58. The smallest absolute Gasteiger partial charge is 0.259 e. The lowest BCUT2D eigenvalue weighted by Gasteiger charge is -2.18. The first kappa shape index (κ1) is 20.7. The molecular weight excluding hydrogens is 368 g/mol. The Balaban J connectivity index is 2.21. The maximum atomic E-state index is 12.5. The van der Waals surface area contributed by atoms with Crippen molar-refractivity contribution in [2.75, 3.05) is 32.6 Å². The highest BCUT2D eigenvalue weighted by atomic mass is 32.2. The van der Waals surface area contributed by atoms with E-state index in [0.717, 1.165) is 0 Å². The lowest BCUT2D eigenvalue weighted by atomic mass is 10.1. The number of anilines is 1. The number of amides is 1. The first-order valence-electron chi connectivity index (χ1n) is 8.50. The van der Waals surface area contributed by atoms with Crippen LogP contribution >= 0.6 is 0 Å². The van der Waals surface area contributed by atoms with Gasteiger partial charge < -0.3 is 14.8 Å². The molecule has 1 amide bonds. The van der Waals surface area contributed by atoms with Crippen LogP contribution in [0.2, 0.25) is 0 Å². The highest BCUT2D eigenvalue weighted by Gasteiger charge is 2.21. The van der Waals surface area contributed by atoms with Crippen LogP contribution in [0.25, 0.3) is 0 Å². The van der Waals surface area contributed by atoms with Crippen LogP contribution in [-0.2, 0) is 10.0 Å². The number of methoxy groups -OCH3 is 2. The molecule has 2 aromatic carbocycles. The number of rotatable bonds is 8. The molecule has 8 heteroatoms. The number of carbonyl (C=O) groups excluding carboxylic acids is 1. The zero-order chi connectivity index (χ0) is 20.0. The highest BCUT2D eigenvalue weighted by molar-refractivity contribution is 7.89. The van der Waals surface area contributed by atoms with E-state index in [4.69, 9.17) is 9.47 Å². The SMILES string of the molecule is CCN(CC)S(=O)(=O)c1ccc(NC(=O)c2ccc(OC)cc2OC)cc1. The summed E-state index contributed by atoms with van der Waals surface area (Å²) in [7, 11) is -0.529. The summed E-state index contributed by atoms with van der Waals surface area (Å²) in [4.78, 5) is 12.7. The van der Waals surface area contributed by atoms with E-state index in [1.54, 1.807) is 44.2 Å². The van der Waals surface area contributed by atoms with Gasteiger partial charge in [-0.25, -0.2) is 8.42 Å². The zero-order valence-corrected chi connectivity index (χ0v) is 16.7. The molecule has 0 aliphatic carbocycles. The molecule has 0 aliphatic rings. The minimum absolute atomic E-state index is 0.186. The Bertz CT molecular complexity index is 891. The van der Waals surface area contributed by atoms with E-state index in [-0.39, 0.29) is 10.8 Å². The number of benzene rings is 2. The maximum absolute atomic E-state index is 12.5. The Morgan fingerprint density at radius 1 is 1.00 bits per heavy atom. The van der Waals surface area contributed by atoms with Gasteiger partial charge in [0.15, 0.2) is 0 Å². The quantitative estimate of drug-likeness (QED) is 0.746. The fourth-order valence-electron chi connectivity index (χ4n) is 2.61. The average Bonchev–Trinajstić information content (AvgIpc) is 2.68. The predicted octanol–water partition coefficient (Wildman–Crippen LogP) is 2.99. The van der Waals surface area contributed by atoms with E-state index in [9.17, 15) is 13.2 Å². The summed E-state index contributed by atoms with van der Waals surface area (Å²) in [5, 5.41) is 2.74. The normalized spacial score (nSPS) is 11.3. The summed E-state index contributed by atoms with van der Waals surface area (Å²) < 4.78 is 36.7. The van der Waals surface area contributed by atoms with Crippen molar-refractivity contribution in [3.63, 3.8) is 0 Å². The van der Waals surface area contributed by atoms with Gasteiger partial charge in [-0.05, 0) is 36.4 Å². The molecule has 0 aliphatic heterocycles. The van der Waals surface area contributed by atoms with Crippen LogP contribution in [0.15, 0.2) is 47.4 Å². The molecule has 0 saturated carbocycles. The largest absolute Gasteiger partial charge is 0.497 e. The van der Waals surface area contributed by atoms with Crippen LogP contribution in [0, 0.1) is 0 Å². The number of hydrogen-bond donors (Lipinski definition) is 1. The van der Waals surface area contributed by atoms with Gasteiger partial charge in [-0.1, -0.05) is 13.8 Å². The van der Waals surface area contributed by atoms with E-state index in [1.165, 1.54) is 30.7 Å². The zero-order valence-electron chi connectivity index (χ0n) is 15.9. The molecule has 0 saturated heterocycles. The molecule has 2 aromatic rings. The molecule has 7 nitrogen and oxygen atoms in total. The van der Waals surface area contributed by atoms with Gasteiger partial charge in [0.1, 0.15) is 11.5 Å². The molecule has 27 heavy (non-hydrogen) atoms. The van der Waals surface area contributed by atoms with Gasteiger partial charge >= 0.3 is 0 Å². The van der Waals surface area contributed by atoms with Crippen LogP contribution in [0.5, 0.6) is 11.5 Å². The molecule has 0 spiro atoms. The summed E-state index contributed by atoms with van der Waals surface area (Å²) in [6.45, 7) is 4.37. The van der Waals surface area contributed by atoms with Crippen molar-refractivity contribution in [1.29, 1.82) is 0 Å².